The van der Waals surface area contributed by atoms with Gasteiger partial charge in [-0.05, 0) is 47.3 Å². The molecule has 0 bridgehead atoms. The highest BCUT2D eigenvalue weighted by Gasteiger charge is 2.43. The number of hydrogen-bond acceptors (Lipinski definition) is 3. The second kappa shape index (κ2) is 4.26. The Morgan fingerprint density at radius 2 is 2.17 bits per heavy atom. The average molecular weight is 308 g/mol. The van der Waals surface area contributed by atoms with Crippen LogP contribution in [0.25, 0.3) is 0 Å². The van der Waals surface area contributed by atoms with Gasteiger partial charge in [0.1, 0.15) is 0 Å². The van der Waals surface area contributed by atoms with Crippen molar-refractivity contribution in [3.8, 4) is 0 Å². The Hall–Kier alpha value is -1.03. The number of benzene rings is 1. The molecule has 0 spiro atoms. The van der Waals surface area contributed by atoms with Crippen molar-refractivity contribution in [2.24, 2.45) is 16.6 Å². The third kappa shape index (κ3) is 2.03. The predicted octanol–water partition coefficient (Wildman–Crippen LogP) is 3.14. The van der Waals surface area contributed by atoms with Crippen LogP contribution in [0.1, 0.15) is 26.2 Å². The summed E-state index contributed by atoms with van der Waals surface area (Å²) in [5, 5.41) is 0. The number of hydrogen-bond donors (Lipinski definition) is 1. The van der Waals surface area contributed by atoms with Gasteiger partial charge in [0.05, 0.1) is 17.8 Å². The smallest absolute Gasteiger partial charge is 0.196 e. The molecule has 1 heterocycles. The zero-order chi connectivity index (χ0) is 12.8. The second-order valence-electron chi connectivity index (χ2n) is 5.61. The number of nitrogens with zero attached hydrogens (tertiary/aromatic N) is 2. The zero-order valence-electron chi connectivity index (χ0n) is 10.6. The van der Waals surface area contributed by atoms with Gasteiger partial charge in [0.15, 0.2) is 5.96 Å². The molecule has 1 aliphatic heterocycles. The van der Waals surface area contributed by atoms with Crippen LogP contribution in [0.3, 0.4) is 0 Å². The molecule has 1 saturated carbocycles. The van der Waals surface area contributed by atoms with Crippen molar-refractivity contribution in [2.75, 3.05) is 11.4 Å². The highest BCUT2D eigenvalue weighted by molar-refractivity contribution is 9.10. The second-order valence-corrected chi connectivity index (χ2v) is 6.46. The van der Waals surface area contributed by atoms with Gasteiger partial charge in [0.25, 0.3) is 0 Å². The van der Waals surface area contributed by atoms with Crippen LogP contribution in [0.15, 0.2) is 33.7 Å². The minimum Gasteiger partial charge on any atom is -0.369 e. The molecule has 0 amide bonds. The predicted molar refractivity (Wildman–Crippen MR) is 78.9 cm³/mol. The summed E-state index contributed by atoms with van der Waals surface area (Å²) in [5.74, 6) is 1.51. The van der Waals surface area contributed by atoms with Gasteiger partial charge in [-0.3, -0.25) is 4.99 Å². The maximum atomic E-state index is 6.11. The molecule has 1 aliphatic carbocycles. The summed E-state index contributed by atoms with van der Waals surface area (Å²) in [5.41, 5.74) is 7.27. The molecule has 1 aromatic rings. The van der Waals surface area contributed by atoms with E-state index in [1.54, 1.807) is 0 Å². The van der Waals surface area contributed by atoms with Crippen LogP contribution in [-0.2, 0) is 0 Å². The molecule has 0 saturated heterocycles. The lowest BCUT2D eigenvalue weighted by molar-refractivity contribution is 0.435. The molecule has 1 fully saturated rings. The first-order valence-corrected chi connectivity index (χ1v) is 7.24. The number of guanidine groups is 1. The van der Waals surface area contributed by atoms with Crippen molar-refractivity contribution in [2.45, 2.75) is 31.7 Å². The molecule has 2 N–H and O–H groups in total. The first-order valence-electron chi connectivity index (χ1n) is 6.45. The first kappa shape index (κ1) is 12.0. The van der Waals surface area contributed by atoms with E-state index in [0.29, 0.717) is 5.96 Å². The molecule has 0 aromatic heterocycles. The van der Waals surface area contributed by atoms with Crippen molar-refractivity contribution < 1.29 is 0 Å². The molecule has 1 atom stereocenters. The van der Waals surface area contributed by atoms with Crippen LogP contribution in [0.4, 0.5) is 5.69 Å². The Balaban J connectivity index is 1.96. The number of rotatable bonds is 3. The van der Waals surface area contributed by atoms with Crippen LogP contribution in [-0.4, -0.2) is 18.0 Å². The Morgan fingerprint density at radius 1 is 1.44 bits per heavy atom. The molecule has 2 aliphatic rings. The maximum Gasteiger partial charge on any atom is 0.196 e. The number of aliphatic imine (C=N–C) groups is 1. The Kier molecular flexibility index (Phi) is 2.85. The van der Waals surface area contributed by atoms with E-state index in [2.05, 4.69) is 44.9 Å². The van der Waals surface area contributed by atoms with Gasteiger partial charge in [-0.15, -0.1) is 0 Å². The lowest BCUT2D eigenvalue weighted by Crippen LogP contribution is -2.50. The minimum atomic E-state index is 0.0368. The number of anilines is 1. The SMILES string of the molecule is CC1(CC2CC2)CN=C(N)N1c1ccccc1Br. The highest BCUT2D eigenvalue weighted by atomic mass is 79.9. The molecule has 4 heteroatoms. The van der Waals surface area contributed by atoms with Crippen LogP contribution in [0.2, 0.25) is 0 Å². The molecule has 1 aromatic carbocycles. The Morgan fingerprint density at radius 3 is 2.83 bits per heavy atom. The number of para-hydroxylation sites is 1. The molecule has 1 unspecified atom stereocenters. The lowest BCUT2D eigenvalue weighted by Gasteiger charge is -2.37. The molecular weight excluding hydrogens is 290 g/mol. The largest absolute Gasteiger partial charge is 0.369 e. The van der Waals surface area contributed by atoms with Gasteiger partial charge >= 0.3 is 0 Å². The van der Waals surface area contributed by atoms with Crippen LogP contribution in [0.5, 0.6) is 0 Å². The molecule has 18 heavy (non-hydrogen) atoms. The highest BCUT2D eigenvalue weighted by Crippen LogP contribution is 2.43. The Labute approximate surface area is 116 Å². The number of nitrogens with two attached hydrogens (primary N) is 1. The van der Waals surface area contributed by atoms with E-state index in [9.17, 15) is 0 Å². The summed E-state index contributed by atoms with van der Waals surface area (Å²) in [7, 11) is 0. The fourth-order valence-electron chi connectivity index (χ4n) is 2.82. The average Bonchev–Trinajstić information content (AvgIpc) is 3.08. The quantitative estimate of drug-likeness (QED) is 0.932. The summed E-state index contributed by atoms with van der Waals surface area (Å²) in [6.45, 7) is 3.07. The van der Waals surface area contributed by atoms with Crippen LogP contribution < -0.4 is 10.6 Å². The molecule has 3 nitrogen and oxygen atoms in total. The van der Waals surface area contributed by atoms with Gasteiger partial charge in [-0.2, -0.15) is 0 Å². The van der Waals surface area contributed by atoms with Crippen molar-refractivity contribution in [3.05, 3.63) is 28.7 Å². The topological polar surface area (TPSA) is 41.6 Å². The van der Waals surface area contributed by atoms with E-state index in [-0.39, 0.29) is 5.54 Å². The van der Waals surface area contributed by atoms with Crippen LogP contribution in [0, 0.1) is 5.92 Å². The summed E-state index contributed by atoms with van der Waals surface area (Å²) in [6, 6.07) is 8.22. The van der Waals surface area contributed by atoms with Gasteiger partial charge in [0, 0.05) is 4.47 Å². The Bertz CT molecular complexity index is 496. The normalized spacial score (nSPS) is 27.4. The van der Waals surface area contributed by atoms with Crippen molar-refractivity contribution in [3.63, 3.8) is 0 Å². The minimum absolute atomic E-state index is 0.0368. The monoisotopic (exact) mass is 307 g/mol. The van der Waals surface area contributed by atoms with Gasteiger partial charge in [0.2, 0.25) is 0 Å². The summed E-state index contributed by atoms with van der Waals surface area (Å²) < 4.78 is 1.08. The van der Waals surface area contributed by atoms with Gasteiger partial charge in [-0.25, -0.2) is 0 Å². The van der Waals surface area contributed by atoms with Crippen molar-refractivity contribution >= 4 is 27.6 Å². The number of halogens is 1. The lowest BCUT2D eigenvalue weighted by atomic mass is 9.93. The van der Waals surface area contributed by atoms with E-state index in [4.69, 9.17) is 5.73 Å². The zero-order valence-corrected chi connectivity index (χ0v) is 12.2. The standard InChI is InChI=1S/C14H18BrN3/c1-14(8-10-6-7-10)9-17-13(16)18(14)12-5-3-2-4-11(12)15/h2-5,10H,6-9H2,1H3,(H2,16,17). The third-order valence-electron chi connectivity index (χ3n) is 3.87. The summed E-state index contributed by atoms with van der Waals surface area (Å²) in [6.07, 6.45) is 3.90. The van der Waals surface area contributed by atoms with Crippen molar-refractivity contribution in [1.29, 1.82) is 0 Å². The van der Waals surface area contributed by atoms with E-state index in [0.717, 1.165) is 22.6 Å². The van der Waals surface area contributed by atoms with Crippen LogP contribution >= 0.6 is 15.9 Å². The first-order chi connectivity index (χ1) is 8.60. The van der Waals surface area contributed by atoms with Gasteiger partial charge in [-0.1, -0.05) is 25.0 Å². The maximum absolute atomic E-state index is 6.11. The fraction of sp³-hybridized carbons (Fsp3) is 0.500. The van der Waals surface area contributed by atoms with E-state index < -0.39 is 0 Å². The van der Waals surface area contributed by atoms with E-state index in [1.807, 2.05) is 12.1 Å². The third-order valence-corrected chi connectivity index (χ3v) is 4.54. The molecular formula is C14H18BrN3. The summed E-state index contributed by atoms with van der Waals surface area (Å²) in [4.78, 5) is 6.67. The molecule has 3 rings (SSSR count). The van der Waals surface area contributed by atoms with Crippen molar-refractivity contribution in [1.82, 2.24) is 0 Å². The molecule has 0 radical (unpaired) electrons. The van der Waals surface area contributed by atoms with E-state index in [1.165, 1.54) is 19.3 Å². The van der Waals surface area contributed by atoms with Gasteiger partial charge < -0.3 is 10.6 Å². The molecule has 96 valence electrons. The fourth-order valence-corrected chi connectivity index (χ4v) is 3.28. The van der Waals surface area contributed by atoms with E-state index >= 15 is 0 Å². The summed E-state index contributed by atoms with van der Waals surface area (Å²) >= 11 is 3.62.